The average molecular weight is 596 g/mol. The smallest absolute Gasteiger partial charge is 0.165 e. The molecule has 0 saturated carbocycles. The van der Waals surface area contributed by atoms with Crippen LogP contribution in [0, 0.1) is 5.82 Å². The van der Waals surface area contributed by atoms with Gasteiger partial charge in [-0.3, -0.25) is 9.29 Å². The quantitative estimate of drug-likeness (QED) is 0.200. The largest absolute Gasteiger partial charge is 0.504 e. The maximum absolute atomic E-state index is 14.6. The van der Waals surface area contributed by atoms with Crippen LogP contribution in [0.5, 0.6) is 11.5 Å². The van der Waals surface area contributed by atoms with Crippen LogP contribution < -0.4 is 4.74 Å². The molecule has 0 bridgehead atoms. The molecule has 1 atom stereocenters. The summed E-state index contributed by atoms with van der Waals surface area (Å²) in [5, 5.41) is 10.8. The molecule has 0 radical (unpaired) electrons. The number of aromatic hydroxyl groups is 1. The number of phenolic OH excluding ortho intramolecular Hbond substituents is 1. The summed E-state index contributed by atoms with van der Waals surface area (Å²) < 4.78 is 38.9. The number of hydrogen-bond acceptors (Lipinski definition) is 4. The normalized spacial score (nSPS) is 17.0. The van der Waals surface area contributed by atoms with Crippen LogP contribution in [0.25, 0.3) is 22.3 Å². The van der Waals surface area contributed by atoms with E-state index in [4.69, 9.17) is 9.47 Å². The molecule has 2 aliphatic rings. The number of alkyl halides is 1. The monoisotopic (exact) mass is 595 g/mol. The molecule has 1 aliphatic heterocycles. The van der Waals surface area contributed by atoms with Crippen LogP contribution in [-0.4, -0.2) is 49.5 Å². The minimum absolute atomic E-state index is 0.0823. The molecule has 1 saturated heterocycles. The number of nitrogens with zero attached hydrogens (tertiary/aromatic N) is 1. The molecule has 0 amide bonds. The molecule has 4 nitrogen and oxygen atoms in total. The number of allylic oxidation sites excluding steroid dienone is 1. The van der Waals surface area contributed by atoms with E-state index in [1.54, 1.807) is 19.2 Å². The molecule has 1 fully saturated rings. The molecule has 1 N–H and O–H groups in total. The second-order valence-corrected chi connectivity index (χ2v) is 11.7. The van der Waals surface area contributed by atoms with Gasteiger partial charge >= 0.3 is 0 Å². The number of hydrogen-bond donors (Lipinski definition) is 1. The molecule has 1 heterocycles. The summed E-state index contributed by atoms with van der Waals surface area (Å²) in [5.41, 5.74) is 9.17. The SMILES string of the molecule is COCc1cccc(-c2ccc3c(c2)CCCC(c2cccc(F)c2O)=C3c2ccc(OC3CCN(CCCF)C3)cc2)c1. The van der Waals surface area contributed by atoms with Gasteiger partial charge in [0.25, 0.3) is 0 Å². The Balaban J connectivity index is 1.37. The predicted octanol–water partition coefficient (Wildman–Crippen LogP) is 8.45. The summed E-state index contributed by atoms with van der Waals surface area (Å²) in [7, 11) is 1.70. The highest BCUT2D eigenvalue weighted by atomic mass is 19.1. The van der Waals surface area contributed by atoms with Crippen molar-refractivity contribution in [2.75, 3.05) is 33.4 Å². The number of halogens is 2. The number of rotatable bonds is 10. The predicted molar refractivity (Wildman–Crippen MR) is 172 cm³/mol. The van der Waals surface area contributed by atoms with E-state index in [1.165, 1.54) is 11.6 Å². The lowest BCUT2D eigenvalue weighted by Crippen LogP contribution is -2.26. The number of benzene rings is 4. The molecular formula is C38H39F2NO3. The number of phenols is 1. The first-order valence-corrected chi connectivity index (χ1v) is 15.5. The molecule has 4 aromatic rings. The van der Waals surface area contributed by atoms with Gasteiger partial charge in [-0.05, 0) is 101 Å². The number of aryl methyl sites for hydroxylation is 1. The summed E-state index contributed by atoms with van der Waals surface area (Å²) in [6, 6.07) is 27.9. The van der Waals surface area contributed by atoms with Crippen LogP contribution in [0.3, 0.4) is 0 Å². The highest BCUT2D eigenvalue weighted by Crippen LogP contribution is 2.44. The summed E-state index contributed by atoms with van der Waals surface area (Å²) in [5.74, 6) is -0.138. The fourth-order valence-corrected chi connectivity index (χ4v) is 6.60. The Kier molecular flexibility index (Phi) is 9.39. The number of fused-ring (bicyclic) bond motifs is 1. The molecule has 228 valence electrons. The van der Waals surface area contributed by atoms with Gasteiger partial charge in [0.05, 0.1) is 13.3 Å². The van der Waals surface area contributed by atoms with Crippen LogP contribution in [-0.2, 0) is 17.8 Å². The van der Waals surface area contributed by atoms with Crippen LogP contribution in [0.2, 0.25) is 0 Å². The van der Waals surface area contributed by atoms with Gasteiger partial charge in [0.2, 0.25) is 0 Å². The van der Waals surface area contributed by atoms with E-state index >= 15 is 0 Å². The second kappa shape index (κ2) is 13.7. The van der Waals surface area contributed by atoms with Gasteiger partial charge in [0.1, 0.15) is 11.9 Å². The average Bonchev–Trinajstić information content (AvgIpc) is 3.40. The molecule has 44 heavy (non-hydrogen) atoms. The zero-order valence-corrected chi connectivity index (χ0v) is 25.2. The molecule has 6 heteroatoms. The lowest BCUT2D eigenvalue weighted by atomic mass is 9.86. The lowest BCUT2D eigenvalue weighted by molar-refractivity contribution is 0.185. The third-order valence-corrected chi connectivity index (χ3v) is 8.72. The van der Waals surface area contributed by atoms with Crippen molar-refractivity contribution in [2.45, 2.75) is 44.8 Å². The van der Waals surface area contributed by atoms with Crippen molar-refractivity contribution in [3.63, 3.8) is 0 Å². The Morgan fingerprint density at radius 2 is 1.68 bits per heavy atom. The summed E-state index contributed by atoms with van der Waals surface area (Å²) in [6.45, 7) is 2.76. The maximum atomic E-state index is 14.6. The van der Waals surface area contributed by atoms with Crippen molar-refractivity contribution in [3.8, 4) is 22.6 Å². The minimum atomic E-state index is -0.619. The topological polar surface area (TPSA) is 41.9 Å². The zero-order valence-electron chi connectivity index (χ0n) is 25.2. The number of para-hydroxylation sites is 1. The summed E-state index contributed by atoms with van der Waals surface area (Å²) >= 11 is 0. The molecule has 1 aliphatic carbocycles. The van der Waals surface area contributed by atoms with Gasteiger partial charge in [-0.25, -0.2) is 4.39 Å². The van der Waals surface area contributed by atoms with Crippen LogP contribution in [0.15, 0.2) is 84.9 Å². The standard InChI is InChI=1S/C38H39F2NO3/c1-43-25-26-6-2-7-28(22-26)29-14-17-33-30(23-29)8-3-9-34(35-10-4-11-36(40)38(35)42)37(33)27-12-15-31(16-13-27)44-32-18-21-41(24-32)20-5-19-39/h2,4,6-7,10-17,22-23,32,42H,3,5,8-9,18-21,24-25H2,1H3. The number of likely N-dealkylation sites (tertiary alicyclic amines) is 1. The van der Waals surface area contributed by atoms with Crippen LogP contribution in [0.1, 0.15) is 53.5 Å². The van der Waals surface area contributed by atoms with Crippen molar-refractivity contribution >= 4 is 11.1 Å². The first-order chi connectivity index (χ1) is 21.5. The van der Waals surface area contributed by atoms with Crippen molar-refractivity contribution < 1.29 is 23.4 Å². The molecular weight excluding hydrogens is 556 g/mol. The van der Waals surface area contributed by atoms with Crippen LogP contribution in [0.4, 0.5) is 8.78 Å². The van der Waals surface area contributed by atoms with Crippen molar-refractivity contribution in [3.05, 3.63) is 119 Å². The number of methoxy groups -OCH3 is 1. The number of ether oxygens (including phenoxy) is 2. The highest BCUT2D eigenvalue weighted by molar-refractivity contribution is 6.01. The van der Waals surface area contributed by atoms with E-state index in [2.05, 4.69) is 59.5 Å². The van der Waals surface area contributed by atoms with Gasteiger partial charge in [0.15, 0.2) is 11.6 Å². The Labute approximate surface area is 258 Å². The summed E-state index contributed by atoms with van der Waals surface area (Å²) in [6.07, 6.45) is 4.01. The Morgan fingerprint density at radius 3 is 2.50 bits per heavy atom. The Morgan fingerprint density at radius 1 is 0.886 bits per heavy atom. The second-order valence-electron chi connectivity index (χ2n) is 11.7. The first-order valence-electron chi connectivity index (χ1n) is 15.5. The first kappa shape index (κ1) is 30.0. The highest BCUT2D eigenvalue weighted by Gasteiger charge is 2.25. The fraction of sp³-hybridized carbons (Fsp3) is 0.316. The van der Waals surface area contributed by atoms with E-state index in [-0.39, 0.29) is 18.5 Å². The Hall–Kier alpha value is -4.00. The van der Waals surface area contributed by atoms with E-state index in [0.717, 1.165) is 83.6 Å². The zero-order chi connectivity index (χ0) is 30.5. The van der Waals surface area contributed by atoms with Crippen molar-refractivity contribution in [1.29, 1.82) is 0 Å². The van der Waals surface area contributed by atoms with Gasteiger partial charge in [-0.2, -0.15) is 0 Å². The lowest BCUT2D eigenvalue weighted by Gasteiger charge is -2.19. The van der Waals surface area contributed by atoms with Crippen molar-refractivity contribution in [1.82, 2.24) is 4.90 Å². The maximum Gasteiger partial charge on any atom is 0.165 e. The van der Waals surface area contributed by atoms with E-state index in [9.17, 15) is 13.9 Å². The van der Waals surface area contributed by atoms with E-state index in [0.29, 0.717) is 25.0 Å². The molecule has 0 spiro atoms. The van der Waals surface area contributed by atoms with E-state index in [1.807, 2.05) is 12.1 Å². The van der Waals surface area contributed by atoms with Gasteiger partial charge in [-0.15, -0.1) is 0 Å². The minimum Gasteiger partial charge on any atom is -0.504 e. The molecule has 6 rings (SSSR count). The third-order valence-electron chi connectivity index (χ3n) is 8.72. The van der Waals surface area contributed by atoms with Gasteiger partial charge in [-0.1, -0.05) is 60.7 Å². The fourth-order valence-electron chi connectivity index (χ4n) is 6.60. The van der Waals surface area contributed by atoms with Gasteiger partial charge in [0, 0.05) is 32.3 Å². The van der Waals surface area contributed by atoms with E-state index < -0.39 is 5.82 Å². The third kappa shape index (κ3) is 6.57. The molecule has 4 aromatic carbocycles. The van der Waals surface area contributed by atoms with Gasteiger partial charge < -0.3 is 14.6 Å². The molecule has 1 unspecified atom stereocenters. The summed E-state index contributed by atoms with van der Waals surface area (Å²) in [4.78, 5) is 2.26. The van der Waals surface area contributed by atoms with Crippen molar-refractivity contribution in [2.24, 2.45) is 0 Å². The van der Waals surface area contributed by atoms with Crippen LogP contribution >= 0.6 is 0 Å². The molecule has 0 aromatic heterocycles. The Bertz CT molecular complexity index is 1630.